The maximum absolute atomic E-state index is 13.1. The molecule has 0 aliphatic heterocycles. The van der Waals surface area contributed by atoms with Crippen molar-refractivity contribution >= 4 is 5.97 Å². The quantitative estimate of drug-likeness (QED) is 0.757. The summed E-state index contributed by atoms with van der Waals surface area (Å²) in [5.41, 5.74) is 2.66. The van der Waals surface area contributed by atoms with Gasteiger partial charge in [0.05, 0.1) is 18.6 Å². The van der Waals surface area contributed by atoms with E-state index in [1.807, 2.05) is 24.3 Å². The van der Waals surface area contributed by atoms with Gasteiger partial charge < -0.3 is 9.84 Å². The average Bonchev–Trinajstić information content (AvgIpc) is 2.60. The van der Waals surface area contributed by atoms with Gasteiger partial charge in [-0.2, -0.15) is 0 Å². The van der Waals surface area contributed by atoms with Gasteiger partial charge in [-0.1, -0.05) is 50.2 Å². The monoisotopic (exact) mass is 344 g/mol. The fraction of sp³-hybridized carbons (Fsp3) is 0.381. The Morgan fingerprint density at radius 2 is 1.60 bits per heavy atom. The molecule has 2 rings (SSSR count). The van der Waals surface area contributed by atoms with Gasteiger partial charge in [-0.3, -0.25) is 4.79 Å². The molecule has 0 fully saturated rings. The molecule has 0 heterocycles. The summed E-state index contributed by atoms with van der Waals surface area (Å²) in [6.07, 6.45) is -0.695. The number of rotatable bonds is 7. The topological polar surface area (TPSA) is 46.5 Å². The lowest BCUT2D eigenvalue weighted by Crippen LogP contribution is -2.26. The van der Waals surface area contributed by atoms with Gasteiger partial charge in [-0.25, -0.2) is 4.39 Å². The zero-order valence-corrected chi connectivity index (χ0v) is 14.9. The van der Waals surface area contributed by atoms with Crippen LogP contribution in [0, 0.1) is 11.7 Å². The summed E-state index contributed by atoms with van der Waals surface area (Å²) in [7, 11) is 0. The van der Waals surface area contributed by atoms with E-state index in [-0.39, 0.29) is 12.4 Å². The molecule has 0 radical (unpaired) electrons. The third-order valence-corrected chi connectivity index (χ3v) is 4.28. The Labute approximate surface area is 148 Å². The van der Waals surface area contributed by atoms with Crippen molar-refractivity contribution in [2.75, 3.05) is 6.61 Å². The molecule has 134 valence electrons. The summed E-state index contributed by atoms with van der Waals surface area (Å²) >= 11 is 0. The minimum absolute atomic E-state index is 0.248. The molecule has 1 N–H and O–H groups in total. The molecule has 0 saturated carbocycles. The Morgan fingerprint density at radius 3 is 2.12 bits per heavy atom. The Hall–Kier alpha value is -2.20. The van der Waals surface area contributed by atoms with Crippen molar-refractivity contribution in [1.29, 1.82) is 0 Å². The van der Waals surface area contributed by atoms with Gasteiger partial charge in [0.1, 0.15) is 5.82 Å². The third-order valence-electron chi connectivity index (χ3n) is 4.28. The van der Waals surface area contributed by atoms with Gasteiger partial charge in [0, 0.05) is 0 Å². The van der Waals surface area contributed by atoms with E-state index in [9.17, 15) is 14.3 Å². The zero-order valence-electron chi connectivity index (χ0n) is 14.9. The highest BCUT2D eigenvalue weighted by molar-refractivity contribution is 5.73. The highest BCUT2D eigenvalue weighted by Crippen LogP contribution is 2.27. The molecule has 3 nitrogen and oxygen atoms in total. The van der Waals surface area contributed by atoms with Crippen molar-refractivity contribution in [1.82, 2.24) is 0 Å². The van der Waals surface area contributed by atoms with Crippen LogP contribution in [0.4, 0.5) is 4.39 Å². The van der Waals surface area contributed by atoms with Crippen LogP contribution in [0.3, 0.4) is 0 Å². The Kier molecular flexibility index (Phi) is 6.71. The Balaban J connectivity index is 2.23. The summed E-state index contributed by atoms with van der Waals surface area (Å²) in [5, 5.41) is 10.6. The largest absolute Gasteiger partial charge is 0.466 e. The molecule has 4 heteroatoms. The number of hydrogen-bond donors (Lipinski definition) is 1. The molecule has 2 aromatic carbocycles. The van der Waals surface area contributed by atoms with Crippen LogP contribution < -0.4 is 0 Å². The first-order valence-corrected chi connectivity index (χ1v) is 8.61. The molecule has 0 saturated heterocycles. The number of esters is 1. The van der Waals surface area contributed by atoms with Crippen LogP contribution in [0.2, 0.25) is 0 Å². The average molecular weight is 344 g/mol. The predicted octanol–water partition coefficient (Wildman–Crippen LogP) is 4.40. The van der Waals surface area contributed by atoms with E-state index in [1.165, 1.54) is 29.8 Å². The van der Waals surface area contributed by atoms with Crippen molar-refractivity contribution < 1.29 is 19.0 Å². The first kappa shape index (κ1) is 19.1. The van der Waals surface area contributed by atoms with Crippen molar-refractivity contribution in [3.8, 4) is 0 Å². The minimum Gasteiger partial charge on any atom is -0.466 e. The van der Waals surface area contributed by atoms with Gasteiger partial charge in [0.25, 0.3) is 0 Å². The lowest BCUT2D eigenvalue weighted by atomic mass is 9.89. The van der Waals surface area contributed by atoms with E-state index < -0.39 is 18.0 Å². The summed E-state index contributed by atoms with van der Waals surface area (Å²) in [4.78, 5) is 12.3. The first-order valence-electron chi connectivity index (χ1n) is 8.61. The highest BCUT2D eigenvalue weighted by atomic mass is 19.1. The molecule has 2 atom stereocenters. The van der Waals surface area contributed by atoms with Crippen LogP contribution in [0.15, 0.2) is 48.5 Å². The molecule has 0 amide bonds. The summed E-state index contributed by atoms with van der Waals surface area (Å²) in [5.74, 6) is -1.14. The number of carbonyl (C=O) groups is 1. The molecule has 0 spiro atoms. The number of halogens is 1. The van der Waals surface area contributed by atoms with Crippen LogP contribution in [0.5, 0.6) is 0 Å². The molecule has 0 aliphatic rings. The second-order valence-electron chi connectivity index (χ2n) is 6.46. The standard InChI is InChI=1S/C21H25FO3/c1-4-25-21(24)19(20(23)17-9-11-18(22)12-10-17)13-15-5-7-16(8-6-15)14(2)3/h5-12,14,19-20,23H,4,13H2,1-3H3. The Bertz CT molecular complexity index is 677. The molecule has 25 heavy (non-hydrogen) atoms. The number of hydrogen-bond acceptors (Lipinski definition) is 3. The maximum atomic E-state index is 13.1. The first-order chi connectivity index (χ1) is 11.9. The van der Waals surface area contributed by atoms with Crippen molar-refractivity contribution in [2.45, 2.75) is 39.2 Å². The summed E-state index contributed by atoms with van der Waals surface area (Å²) < 4.78 is 18.2. The van der Waals surface area contributed by atoms with E-state index in [0.29, 0.717) is 17.9 Å². The maximum Gasteiger partial charge on any atom is 0.312 e. The highest BCUT2D eigenvalue weighted by Gasteiger charge is 2.29. The fourth-order valence-electron chi connectivity index (χ4n) is 2.76. The number of ether oxygens (including phenoxy) is 1. The molecule has 0 bridgehead atoms. The number of benzene rings is 2. The van der Waals surface area contributed by atoms with Crippen LogP contribution in [0.1, 0.15) is 49.5 Å². The SMILES string of the molecule is CCOC(=O)C(Cc1ccc(C(C)C)cc1)C(O)c1ccc(F)cc1. The van der Waals surface area contributed by atoms with Crippen LogP contribution in [-0.4, -0.2) is 17.7 Å². The smallest absolute Gasteiger partial charge is 0.312 e. The second kappa shape index (κ2) is 8.77. The van der Waals surface area contributed by atoms with Crippen LogP contribution in [0.25, 0.3) is 0 Å². The predicted molar refractivity (Wildman–Crippen MR) is 95.7 cm³/mol. The zero-order chi connectivity index (χ0) is 18.4. The lowest BCUT2D eigenvalue weighted by molar-refractivity contribution is -0.152. The van der Waals surface area contributed by atoms with E-state index in [2.05, 4.69) is 13.8 Å². The van der Waals surface area contributed by atoms with Crippen molar-refractivity contribution in [3.05, 3.63) is 71.0 Å². The van der Waals surface area contributed by atoms with E-state index in [1.54, 1.807) is 6.92 Å². The molecule has 2 aromatic rings. The normalized spacial score (nSPS) is 13.5. The fourth-order valence-corrected chi connectivity index (χ4v) is 2.76. The van der Waals surface area contributed by atoms with E-state index in [4.69, 9.17) is 4.74 Å². The number of aliphatic hydroxyl groups excluding tert-OH is 1. The summed E-state index contributed by atoms with van der Waals surface area (Å²) in [6.45, 7) is 6.22. The third kappa shape index (κ3) is 5.13. The molecular formula is C21H25FO3. The van der Waals surface area contributed by atoms with Gasteiger partial charge in [-0.05, 0) is 48.1 Å². The van der Waals surface area contributed by atoms with Gasteiger partial charge in [-0.15, -0.1) is 0 Å². The van der Waals surface area contributed by atoms with E-state index >= 15 is 0 Å². The molecule has 0 aromatic heterocycles. The van der Waals surface area contributed by atoms with Gasteiger partial charge in [0.15, 0.2) is 0 Å². The van der Waals surface area contributed by atoms with E-state index in [0.717, 1.165) is 5.56 Å². The van der Waals surface area contributed by atoms with Crippen LogP contribution >= 0.6 is 0 Å². The van der Waals surface area contributed by atoms with Gasteiger partial charge in [0.2, 0.25) is 0 Å². The Morgan fingerprint density at radius 1 is 1.04 bits per heavy atom. The number of aliphatic hydroxyl groups is 1. The number of carbonyl (C=O) groups excluding carboxylic acids is 1. The van der Waals surface area contributed by atoms with Gasteiger partial charge >= 0.3 is 5.97 Å². The minimum atomic E-state index is -1.05. The summed E-state index contributed by atoms with van der Waals surface area (Å²) in [6, 6.07) is 13.6. The molecular weight excluding hydrogens is 319 g/mol. The van der Waals surface area contributed by atoms with Crippen molar-refractivity contribution in [2.24, 2.45) is 5.92 Å². The van der Waals surface area contributed by atoms with Crippen molar-refractivity contribution in [3.63, 3.8) is 0 Å². The second-order valence-corrected chi connectivity index (χ2v) is 6.46. The molecule has 0 aliphatic carbocycles. The lowest BCUT2D eigenvalue weighted by Gasteiger charge is -2.22. The molecule has 2 unspecified atom stereocenters. The van der Waals surface area contributed by atoms with Crippen LogP contribution in [-0.2, 0) is 16.0 Å².